The van der Waals surface area contributed by atoms with Crippen LogP contribution in [0, 0.1) is 0 Å². The maximum atomic E-state index is 12.5. The minimum Gasteiger partial charge on any atom is -0.495 e. The van der Waals surface area contributed by atoms with Crippen LogP contribution < -0.4 is 14.8 Å². The molecule has 0 heterocycles. The fourth-order valence-electron chi connectivity index (χ4n) is 2.47. The minimum absolute atomic E-state index is 0.0299. The van der Waals surface area contributed by atoms with Gasteiger partial charge in [0.1, 0.15) is 10.6 Å². The highest BCUT2D eigenvalue weighted by molar-refractivity contribution is 7.89. The van der Waals surface area contributed by atoms with Crippen LogP contribution >= 0.6 is 0 Å². The van der Waals surface area contributed by atoms with Crippen LogP contribution in [0.3, 0.4) is 0 Å². The van der Waals surface area contributed by atoms with Crippen molar-refractivity contribution in [1.82, 2.24) is 10.0 Å². The van der Waals surface area contributed by atoms with E-state index in [2.05, 4.69) is 10.0 Å². The minimum atomic E-state index is -3.81. The Kier molecular flexibility index (Phi) is 7.20. The molecular formula is C18H26N2O6S. The van der Waals surface area contributed by atoms with Crippen molar-refractivity contribution in [2.45, 2.75) is 56.5 Å². The van der Waals surface area contributed by atoms with Crippen molar-refractivity contribution >= 4 is 21.9 Å². The molecule has 27 heavy (non-hydrogen) atoms. The van der Waals surface area contributed by atoms with Crippen LogP contribution in [0.4, 0.5) is 0 Å². The summed E-state index contributed by atoms with van der Waals surface area (Å²) in [7, 11) is -2.46. The van der Waals surface area contributed by atoms with Gasteiger partial charge < -0.3 is 14.8 Å². The number of nitrogens with one attached hydrogen (secondary N) is 2. The number of rotatable bonds is 10. The normalized spacial score (nSPS) is 14.1. The monoisotopic (exact) mass is 398 g/mol. The second-order valence-electron chi connectivity index (χ2n) is 6.42. The highest BCUT2D eigenvalue weighted by Gasteiger charge is 2.30. The molecule has 150 valence electrons. The number of sulfonamides is 1. The van der Waals surface area contributed by atoms with Gasteiger partial charge >= 0.3 is 5.97 Å². The number of esters is 1. The van der Waals surface area contributed by atoms with Crippen molar-refractivity contribution in [3.63, 3.8) is 0 Å². The molecule has 0 unspecified atom stereocenters. The van der Waals surface area contributed by atoms with E-state index in [9.17, 15) is 18.0 Å². The Bertz CT molecular complexity index is 785. The lowest BCUT2D eigenvalue weighted by Crippen LogP contribution is -2.36. The number of hydrogen-bond acceptors (Lipinski definition) is 6. The largest absolute Gasteiger partial charge is 0.495 e. The first-order valence-corrected chi connectivity index (χ1v) is 10.5. The Morgan fingerprint density at radius 3 is 2.44 bits per heavy atom. The maximum Gasteiger partial charge on any atom is 0.338 e. The highest BCUT2D eigenvalue weighted by atomic mass is 32.2. The average Bonchev–Trinajstić information content (AvgIpc) is 3.46. The molecule has 2 N–H and O–H groups in total. The summed E-state index contributed by atoms with van der Waals surface area (Å²) in [5.74, 6) is -1.04. The van der Waals surface area contributed by atoms with Gasteiger partial charge in [0.05, 0.1) is 12.7 Å². The summed E-state index contributed by atoms with van der Waals surface area (Å²) in [6, 6.07) is 3.94. The van der Waals surface area contributed by atoms with E-state index < -0.39 is 28.5 Å². The van der Waals surface area contributed by atoms with E-state index in [1.807, 2.05) is 13.8 Å². The lowest BCUT2D eigenvalue weighted by Gasteiger charge is -2.15. The topological polar surface area (TPSA) is 111 Å². The molecule has 1 fully saturated rings. The predicted molar refractivity (Wildman–Crippen MR) is 99.1 cm³/mol. The van der Waals surface area contributed by atoms with Crippen LogP contribution in [-0.2, 0) is 19.6 Å². The van der Waals surface area contributed by atoms with E-state index >= 15 is 0 Å². The summed E-state index contributed by atoms with van der Waals surface area (Å²) in [5, 5.41) is 2.76. The molecule has 1 saturated carbocycles. The van der Waals surface area contributed by atoms with Gasteiger partial charge in [-0.15, -0.1) is 0 Å². The molecule has 1 aromatic rings. The van der Waals surface area contributed by atoms with E-state index in [1.165, 1.54) is 25.3 Å². The number of methoxy groups -OCH3 is 1. The lowest BCUT2D eigenvalue weighted by molar-refractivity contribution is -0.125. The molecule has 0 bridgehead atoms. The molecule has 0 aliphatic heterocycles. The van der Waals surface area contributed by atoms with Crippen molar-refractivity contribution in [3.05, 3.63) is 23.8 Å². The van der Waals surface area contributed by atoms with Crippen LogP contribution in [0.5, 0.6) is 5.75 Å². The molecule has 0 aromatic heterocycles. The fraction of sp³-hybridized carbons (Fsp3) is 0.556. The van der Waals surface area contributed by atoms with Crippen LogP contribution in [0.1, 0.15) is 49.9 Å². The first-order valence-electron chi connectivity index (χ1n) is 8.97. The first kappa shape index (κ1) is 21.2. The average molecular weight is 398 g/mol. The molecule has 0 saturated heterocycles. The van der Waals surface area contributed by atoms with Crippen LogP contribution in [-0.4, -0.2) is 46.1 Å². The Morgan fingerprint density at radius 1 is 1.22 bits per heavy atom. The van der Waals surface area contributed by atoms with Crippen molar-refractivity contribution in [2.75, 3.05) is 13.7 Å². The molecule has 1 aliphatic carbocycles. The number of amides is 1. The molecule has 0 radical (unpaired) electrons. The molecule has 0 spiro atoms. The van der Waals surface area contributed by atoms with Crippen molar-refractivity contribution in [3.8, 4) is 5.75 Å². The van der Waals surface area contributed by atoms with Gasteiger partial charge in [-0.05, 0) is 43.9 Å². The maximum absolute atomic E-state index is 12.5. The van der Waals surface area contributed by atoms with Crippen LogP contribution in [0.15, 0.2) is 23.1 Å². The molecule has 2 rings (SSSR count). The quantitative estimate of drug-likeness (QED) is 0.579. The lowest BCUT2D eigenvalue weighted by atomic mass is 10.2. The second kappa shape index (κ2) is 9.18. The van der Waals surface area contributed by atoms with Gasteiger partial charge in [0.2, 0.25) is 10.0 Å². The number of hydrogen-bond donors (Lipinski definition) is 2. The molecule has 9 heteroatoms. The Hall–Kier alpha value is -2.13. The fourth-order valence-corrected chi connectivity index (χ4v) is 3.97. The van der Waals surface area contributed by atoms with E-state index in [1.54, 1.807) is 0 Å². The highest BCUT2D eigenvalue weighted by Crippen LogP contribution is 2.28. The molecule has 0 atom stereocenters. The van der Waals surface area contributed by atoms with E-state index in [4.69, 9.17) is 9.47 Å². The number of ether oxygens (including phenoxy) is 2. The summed E-state index contributed by atoms with van der Waals surface area (Å²) in [4.78, 5) is 23.9. The van der Waals surface area contributed by atoms with E-state index in [0.29, 0.717) is 0 Å². The third kappa shape index (κ3) is 5.93. The van der Waals surface area contributed by atoms with Crippen LogP contribution in [0.25, 0.3) is 0 Å². The molecule has 8 nitrogen and oxygen atoms in total. The number of carbonyl (C=O) groups excluding carboxylic acids is 2. The van der Waals surface area contributed by atoms with Crippen LogP contribution in [0.2, 0.25) is 0 Å². The zero-order valence-electron chi connectivity index (χ0n) is 15.8. The molecule has 1 aromatic carbocycles. The zero-order chi connectivity index (χ0) is 20.0. The van der Waals surface area contributed by atoms with Crippen molar-refractivity contribution in [2.24, 2.45) is 0 Å². The number of benzene rings is 1. The smallest absolute Gasteiger partial charge is 0.338 e. The first-order chi connectivity index (χ1) is 12.8. The molecule has 1 amide bonds. The van der Waals surface area contributed by atoms with Gasteiger partial charge in [-0.1, -0.05) is 13.8 Å². The summed E-state index contributed by atoms with van der Waals surface area (Å²) in [6.07, 6.45) is 3.14. The Balaban J connectivity index is 2.08. The van der Waals surface area contributed by atoms with Gasteiger partial charge in [0.25, 0.3) is 5.91 Å². The number of carbonyl (C=O) groups is 2. The Morgan fingerprint density at radius 2 is 1.89 bits per heavy atom. The standard InChI is InChI=1S/C18H26N2O6S/c1-4-13(5-2)19-17(21)11-26-18(22)12-6-9-15(25-3)16(10-12)27(23,24)20-14-7-8-14/h6,9-10,13-14,20H,4-5,7-8,11H2,1-3H3,(H,19,21). The van der Waals surface area contributed by atoms with Gasteiger partial charge in [0, 0.05) is 12.1 Å². The van der Waals surface area contributed by atoms with Gasteiger partial charge in [-0.25, -0.2) is 17.9 Å². The molecule has 1 aliphatic rings. The van der Waals surface area contributed by atoms with Crippen molar-refractivity contribution in [1.29, 1.82) is 0 Å². The Labute approximate surface area is 159 Å². The predicted octanol–water partition coefficient (Wildman–Crippen LogP) is 1.60. The van der Waals surface area contributed by atoms with Crippen molar-refractivity contribution < 1.29 is 27.5 Å². The third-order valence-electron chi connectivity index (χ3n) is 4.27. The van der Waals surface area contributed by atoms with Gasteiger partial charge in [-0.3, -0.25) is 4.79 Å². The summed E-state index contributed by atoms with van der Waals surface area (Å²) in [5.41, 5.74) is 0.0299. The SMILES string of the molecule is CCC(CC)NC(=O)COC(=O)c1ccc(OC)c(S(=O)(=O)NC2CC2)c1. The summed E-state index contributed by atoms with van der Waals surface area (Å²) in [6.45, 7) is 3.48. The van der Waals surface area contributed by atoms with Gasteiger partial charge in [-0.2, -0.15) is 0 Å². The van der Waals surface area contributed by atoms with E-state index in [-0.39, 0.29) is 28.3 Å². The third-order valence-corrected chi connectivity index (χ3v) is 5.81. The molecular weight excluding hydrogens is 372 g/mol. The van der Waals surface area contributed by atoms with E-state index in [0.717, 1.165) is 25.7 Å². The second-order valence-corrected chi connectivity index (χ2v) is 8.10. The summed E-state index contributed by atoms with van der Waals surface area (Å²) >= 11 is 0. The zero-order valence-corrected chi connectivity index (χ0v) is 16.6. The van der Waals surface area contributed by atoms with Gasteiger partial charge in [0.15, 0.2) is 6.61 Å². The summed E-state index contributed by atoms with van der Waals surface area (Å²) < 4.78 is 37.6.